The number of halogens is 2. The van der Waals surface area contributed by atoms with Crippen LogP contribution in [-0.2, 0) is 0 Å². The number of H-pyrrole nitrogens is 1. The molecule has 1 unspecified atom stereocenters. The van der Waals surface area contributed by atoms with Crippen molar-refractivity contribution in [3.8, 4) is 0 Å². The van der Waals surface area contributed by atoms with Crippen molar-refractivity contribution in [2.45, 2.75) is 13.0 Å². The predicted octanol–water partition coefficient (Wildman–Crippen LogP) is 2.79. The van der Waals surface area contributed by atoms with E-state index >= 15 is 0 Å². The minimum atomic E-state index is -0.0336. The molecule has 2 aromatic heterocycles. The number of aromatic nitrogens is 4. The van der Waals surface area contributed by atoms with Crippen LogP contribution in [0, 0.1) is 0 Å². The zero-order valence-corrected chi connectivity index (χ0v) is 10.7. The summed E-state index contributed by atoms with van der Waals surface area (Å²) in [5.41, 5.74) is 0. The lowest BCUT2D eigenvalue weighted by Gasteiger charge is -2.12. The van der Waals surface area contributed by atoms with Gasteiger partial charge in [0.2, 0.25) is 0 Å². The summed E-state index contributed by atoms with van der Waals surface area (Å²) in [5.74, 6) is 1.36. The zero-order valence-electron chi connectivity index (χ0n) is 8.41. The third-order valence-electron chi connectivity index (χ3n) is 2.00. The summed E-state index contributed by atoms with van der Waals surface area (Å²) >= 11 is 9.33. The van der Waals surface area contributed by atoms with Gasteiger partial charge >= 0.3 is 0 Å². The first-order valence-corrected chi connectivity index (χ1v) is 5.77. The van der Waals surface area contributed by atoms with Gasteiger partial charge in [0.15, 0.2) is 0 Å². The molecule has 5 nitrogen and oxygen atoms in total. The lowest BCUT2D eigenvalue weighted by atomic mass is 10.3. The molecule has 0 aliphatic rings. The van der Waals surface area contributed by atoms with E-state index in [9.17, 15) is 0 Å². The summed E-state index contributed by atoms with van der Waals surface area (Å²) in [6, 6.07) is 1.75. The molecule has 84 valence electrons. The normalized spacial score (nSPS) is 12.4. The first kappa shape index (κ1) is 11.3. The van der Waals surface area contributed by atoms with Gasteiger partial charge in [0.25, 0.3) is 0 Å². The molecule has 2 aromatic rings. The number of nitrogens with one attached hydrogen (secondary N) is 2. The van der Waals surface area contributed by atoms with E-state index < -0.39 is 0 Å². The Labute approximate surface area is 106 Å². The van der Waals surface area contributed by atoms with Crippen molar-refractivity contribution < 1.29 is 0 Å². The van der Waals surface area contributed by atoms with Crippen molar-refractivity contribution in [1.82, 2.24) is 20.2 Å². The highest BCUT2D eigenvalue weighted by Crippen LogP contribution is 2.25. The molecule has 1 atom stereocenters. The van der Waals surface area contributed by atoms with Crippen molar-refractivity contribution in [2.24, 2.45) is 0 Å². The second-order valence-electron chi connectivity index (χ2n) is 3.22. The lowest BCUT2D eigenvalue weighted by Crippen LogP contribution is -2.10. The highest BCUT2D eigenvalue weighted by molar-refractivity contribution is 9.10. The van der Waals surface area contributed by atoms with E-state index in [0.717, 1.165) is 10.3 Å². The monoisotopic (exact) mass is 301 g/mol. The molecule has 2 heterocycles. The van der Waals surface area contributed by atoms with Gasteiger partial charge in [0.05, 0.1) is 11.1 Å². The molecular weight excluding hydrogens is 293 g/mol. The summed E-state index contributed by atoms with van der Waals surface area (Å²) in [6.45, 7) is 1.95. The second-order valence-corrected chi connectivity index (χ2v) is 4.54. The average Bonchev–Trinajstić information content (AvgIpc) is 2.75. The topological polar surface area (TPSA) is 66.5 Å². The van der Waals surface area contributed by atoms with E-state index in [-0.39, 0.29) is 6.04 Å². The molecule has 0 spiro atoms. The highest BCUT2D eigenvalue weighted by Gasteiger charge is 2.10. The third-order valence-corrected chi connectivity index (χ3v) is 2.73. The minimum Gasteiger partial charge on any atom is -0.359 e. The quantitative estimate of drug-likeness (QED) is 0.915. The van der Waals surface area contributed by atoms with Crippen LogP contribution in [0.1, 0.15) is 18.8 Å². The SMILES string of the molecule is CC(Nc1ncc(Br)cc1Cl)c1ncn[nH]1. The fraction of sp³-hybridized carbons (Fsp3) is 0.222. The van der Waals surface area contributed by atoms with Crippen molar-refractivity contribution in [1.29, 1.82) is 0 Å². The number of rotatable bonds is 3. The smallest absolute Gasteiger partial charge is 0.146 e. The molecule has 2 N–H and O–H groups in total. The molecule has 0 fully saturated rings. The Morgan fingerprint density at radius 2 is 2.31 bits per heavy atom. The lowest BCUT2D eigenvalue weighted by molar-refractivity contribution is 0.790. The maximum Gasteiger partial charge on any atom is 0.146 e. The van der Waals surface area contributed by atoms with Crippen LogP contribution >= 0.6 is 27.5 Å². The molecule has 0 radical (unpaired) electrons. The van der Waals surface area contributed by atoms with E-state index in [0.29, 0.717) is 10.8 Å². The predicted molar refractivity (Wildman–Crippen MR) is 65.4 cm³/mol. The van der Waals surface area contributed by atoms with Gasteiger partial charge in [-0.2, -0.15) is 5.10 Å². The zero-order chi connectivity index (χ0) is 11.5. The summed E-state index contributed by atoms with van der Waals surface area (Å²) in [6.07, 6.45) is 3.14. The molecule has 0 saturated heterocycles. The molecule has 0 saturated carbocycles. The van der Waals surface area contributed by atoms with Crippen LogP contribution in [0.5, 0.6) is 0 Å². The van der Waals surface area contributed by atoms with Gasteiger partial charge in [-0.15, -0.1) is 0 Å². The summed E-state index contributed by atoms with van der Waals surface area (Å²) in [5, 5.41) is 10.3. The number of pyridine rings is 1. The molecule has 2 rings (SSSR count). The average molecular weight is 303 g/mol. The number of hydrogen-bond donors (Lipinski definition) is 2. The van der Waals surface area contributed by atoms with Gasteiger partial charge in [-0.1, -0.05) is 11.6 Å². The second kappa shape index (κ2) is 4.80. The van der Waals surface area contributed by atoms with Crippen LogP contribution in [0.4, 0.5) is 5.82 Å². The molecular formula is C9H9BrClN5. The molecule has 0 aromatic carbocycles. The van der Waals surface area contributed by atoms with E-state index in [4.69, 9.17) is 11.6 Å². The maximum atomic E-state index is 6.03. The Hall–Kier alpha value is -1.14. The maximum absolute atomic E-state index is 6.03. The van der Waals surface area contributed by atoms with Gasteiger partial charge in [-0.3, -0.25) is 5.10 Å². The van der Waals surface area contributed by atoms with E-state index in [2.05, 4.69) is 41.4 Å². The van der Waals surface area contributed by atoms with Crippen molar-refractivity contribution in [3.63, 3.8) is 0 Å². The van der Waals surface area contributed by atoms with Crippen molar-refractivity contribution in [3.05, 3.63) is 33.9 Å². The first-order chi connectivity index (χ1) is 7.66. The van der Waals surface area contributed by atoms with Gasteiger partial charge in [-0.05, 0) is 28.9 Å². The highest BCUT2D eigenvalue weighted by atomic mass is 79.9. The Morgan fingerprint density at radius 1 is 1.50 bits per heavy atom. The fourth-order valence-electron chi connectivity index (χ4n) is 1.22. The molecule has 0 aliphatic carbocycles. The van der Waals surface area contributed by atoms with E-state index in [1.807, 2.05) is 6.92 Å². The van der Waals surface area contributed by atoms with Gasteiger partial charge in [0, 0.05) is 10.7 Å². The van der Waals surface area contributed by atoms with Crippen LogP contribution < -0.4 is 5.32 Å². The summed E-state index contributed by atoms with van der Waals surface area (Å²) < 4.78 is 0.843. The largest absolute Gasteiger partial charge is 0.359 e. The van der Waals surface area contributed by atoms with Crippen LogP contribution in [0.15, 0.2) is 23.1 Å². The first-order valence-electron chi connectivity index (χ1n) is 4.59. The van der Waals surface area contributed by atoms with E-state index in [1.165, 1.54) is 6.33 Å². The Kier molecular flexibility index (Phi) is 3.40. The molecule has 7 heteroatoms. The fourth-order valence-corrected chi connectivity index (χ4v) is 1.90. The Morgan fingerprint density at radius 3 is 2.94 bits per heavy atom. The number of anilines is 1. The van der Waals surface area contributed by atoms with Crippen LogP contribution in [0.2, 0.25) is 5.02 Å². The van der Waals surface area contributed by atoms with Crippen molar-refractivity contribution in [2.75, 3.05) is 5.32 Å². The van der Waals surface area contributed by atoms with Gasteiger partial charge in [-0.25, -0.2) is 9.97 Å². The van der Waals surface area contributed by atoms with Crippen LogP contribution in [-0.4, -0.2) is 20.2 Å². The summed E-state index contributed by atoms with van der Waals surface area (Å²) in [7, 11) is 0. The number of hydrogen-bond acceptors (Lipinski definition) is 4. The number of aromatic amines is 1. The van der Waals surface area contributed by atoms with Crippen molar-refractivity contribution >= 4 is 33.3 Å². The number of nitrogens with zero attached hydrogens (tertiary/aromatic N) is 3. The van der Waals surface area contributed by atoms with Gasteiger partial charge < -0.3 is 5.32 Å². The van der Waals surface area contributed by atoms with Crippen LogP contribution in [0.3, 0.4) is 0 Å². The van der Waals surface area contributed by atoms with Crippen LogP contribution in [0.25, 0.3) is 0 Å². The minimum absolute atomic E-state index is 0.0336. The molecule has 16 heavy (non-hydrogen) atoms. The van der Waals surface area contributed by atoms with Gasteiger partial charge in [0.1, 0.15) is 18.0 Å². The third kappa shape index (κ3) is 2.51. The molecule has 0 bridgehead atoms. The molecule has 0 amide bonds. The van der Waals surface area contributed by atoms with E-state index in [1.54, 1.807) is 12.3 Å². The molecule has 0 aliphatic heterocycles. The Balaban J connectivity index is 2.15. The Bertz CT molecular complexity index is 473. The standard InChI is InChI=1S/C9H9BrClN5/c1-5(8-13-4-14-16-8)15-9-7(11)2-6(10)3-12-9/h2-5H,1H3,(H,12,15)(H,13,14,16). The summed E-state index contributed by atoms with van der Waals surface area (Å²) in [4.78, 5) is 8.23.